The number of rotatable bonds is 20. The molecule has 5 amide bonds. The summed E-state index contributed by atoms with van der Waals surface area (Å²) < 4.78 is 13.8. The van der Waals surface area contributed by atoms with Crippen molar-refractivity contribution in [3.63, 3.8) is 0 Å². The third kappa shape index (κ3) is 13.4. The first kappa shape index (κ1) is 41.6. The van der Waals surface area contributed by atoms with Gasteiger partial charge < -0.3 is 43.5 Å². The maximum atomic E-state index is 13.9. The van der Waals surface area contributed by atoms with Crippen molar-refractivity contribution in [3.05, 3.63) is 77.9 Å². The number of carbonyl (C=O) groups is 5. The van der Waals surface area contributed by atoms with Gasteiger partial charge in [0.15, 0.2) is 5.96 Å². The Kier molecular flexibility index (Phi) is 15.9. The second-order valence-corrected chi connectivity index (χ2v) is 13.3. The predicted octanol–water partition coefficient (Wildman–Crippen LogP) is 1.64. The van der Waals surface area contributed by atoms with Gasteiger partial charge >= 0.3 is 0 Å². The van der Waals surface area contributed by atoms with Crippen LogP contribution >= 0.6 is 0 Å². The average Bonchev–Trinajstić information content (AvgIpc) is 3.61. The lowest BCUT2D eigenvalue weighted by Crippen LogP contribution is -2.59. The fraction of sp³-hybridized carbons (Fsp3) is 0.432. The van der Waals surface area contributed by atoms with Gasteiger partial charge in [0, 0.05) is 18.5 Å². The highest BCUT2D eigenvalue weighted by Crippen LogP contribution is 2.17. The Labute approximate surface area is 308 Å². The molecular weight excluding hydrogens is 683 g/mol. The highest BCUT2D eigenvalue weighted by Gasteiger charge is 2.33. The highest BCUT2D eigenvalue weighted by atomic mass is 19.1. The number of aromatic amines is 1. The van der Waals surface area contributed by atoms with Gasteiger partial charge in [-0.05, 0) is 48.8 Å². The van der Waals surface area contributed by atoms with Crippen LogP contribution in [0.1, 0.15) is 69.4 Å². The van der Waals surface area contributed by atoms with Crippen LogP contribution in [-0.4, -0.2) is 76.2 Å². The van der Waals surface area contributed by atoms with E-state index in [0.717, 1.165) is 5.56 Å². The number of amides is 5. The van der Waals surface area contributed by atoms with Crippen LogP contribution in [0.25, 0.3) is 11.4 Å². The first-order valence-electron chi connectivity index (χ1n) is 17.6. The molecular formula is C37H51FN10O5. The number of nitrogens with one attached hydrogen (secondary N) is 5. The number of nitrogens with zero attached hydrogens (tertiary/aromatic N) is 2. The van der Waals surface area contributed by atoms with Crippen LogP contribution in [-0.2, 0) is 25.6 Å². The van der Waals surface area contributed by atoms with E-state index in [1.165, 1.54) is 24.4 Å². The number of H-pyrrole nitrogens is 1. The van der Waals surface area contributed by atoms with Gasteiger partial charge in [0.25, 0.3) is 5.91 Å². The van der Waals surface area contributed by atoms with Crippen LogP contribution in [0.5, 0.6) is 0 Å². The van der Waals surface area contributed by atoms with Gasteiger partial charge in [0.2, 0.25) is 23.6 Å². The maximum Gasteiger partial charge on any atom is 0.270 e. The van der Waals surface area contributed by atoms with E-state index in [2.05, 4.69) is 36.2 Å². The van der Waals surface area contributed by atoms with Crippen LogP contribution in [0.2, 0.25) is 0 Å². The second-order valence-electron chi connectivity index (χ2n) is 13.3. The van der Waals surface area contributed by atoms with Gasteiger partial charge in [-0.3, -0.25) is 29.0 Å². The van der Waals surface area contributed by atoms with Crippen molar-refractivity contribution in [1.82, 2.24) is 31.2 Å². The van der Waals surface area contributed by atoms with Crippen molar-refractivity contribution < 1.29 is 28.4 Å². The number of primary amides is 1. The number of benzene rings is 2. The van der Waals surface area contributed by atoms with Crippen molar-refractivity contribution >= 4 is 35.5 Å². The quantitative estimate of drug-likeness (QED) is 0.0480. The molecule has 15 nitrogen and oxygen atoms in total. The van der Waals surface area contributed by atoms with Crippen LogP contribution in [0, 0.1) is 17.7 Å². The summed E-state index contributed by atoms with van der Waals surface area (Å²) in [5.74, 6) is -4.04. The van der Waals surface area contributed by atoms with Crippen LogP contribution in [0.15, 0.2) is 65.8 Å². The largest absolute Gasteiger partial charge is 0.370 e. The number of aromatic nitrogens is 2. The van der Waals surface area contributed by atoms with Gasteiger partial charge in [-0.2, -0.15) is 0 Å². The number of nitrogens with two attached hydrogens (primary N) is 3. The summed E-state index contributed by atoms with van der Waals surface area (Å²) in [6.45, 7) is 7.56. The molecule has 0 aliphatic rings. The van der Waals surface area contributed by atoms with Crippen LogP contribution < -0.4 is 38.5 Å². The first-order chi connectivity index (χ1) is 25.2. The zero-order chi connectivity index (χ0) is 39.1. The molecule has 5 atom stereocenters. The summed E-state index contributed by atoms with van der Waals surface area (Å²) in [6, 6.07) is 10.4. The Bertz CT molecular complexity index is 1730. The van der Waals surface area contributed by atoms with Crippen molar-refractivity contribution in [2.75, 3.05) is 6.54 Å². The Morgan fingerprint density at radius 2 is 1.53 bits per heavy atom. The van der Waals surface area contributed by atoms with Crippen molar-refractivity contribution in [3.8, 4) is 11.4 Å². The Morgan fingerprint density at radius 3 is 2.15 bits per heavy atom. The summed E-state index contributed by atoms with van der Waals surface area (Å²) >= 11 is 0. The molecule has 3 rings (SSSR count). The lowest BCUT2D eigenvalue weighted by atomic mass is 9.95. The number of aliphatic imine (C=N–C) groups is 1. The average molecular weight is 735 g/mol. The Hall–Kier alpha value is -5.80. The van der Waals surface area contributed by atoms with E-state index in [0.29, 0.717) is 18.4 Å². The molecule has 0 unspecified atom stereocenters. The van der Waals surface area contributed by atoms with E-state index in [-0.39, 0.29) is 55.1 Å². The monoisotopic (exact) mass is 734 g/mol. The first-order valence-corrected chi connectivity index (χ1v) is 17.6. The van der Waals surface area contributed by atoms with Crippen molar-refractivity contribution in [2.45, 2.75) is 84.0 Å². The molecule has 2 aromatic carbocycles. The number of hydrogen-bond acceptors (Lipinski definition) is 7. The molecule has 16 heteroatoms. The van der Waals surface area contributed by atoms with E-state index in [1.807, 2.05) is 51.1 Å². The van der Waals surface area contributed by atoms with Crippen molar-refractivity contribution in [1.29, 1.82) is 0 Å². The minimum Gasteiger partial charge on any atom is -0.370 e. The third-order valence-corrected chi connectivity index (χ3v) is 8.56. The Morgan fingerprint density at radius 1 is 0.849 bits per heavy atom. The Balaban J connectivity index is 1.79. The van der Waals surface area contributed by atoms with E-state index in [9.17, 15) is 28.4 Å². The summed E-state index contributed by atoms with van der Waals surface area (Å²) in [5, 5.41) is 10.9. The van der Waals surface area contributed by atoms with Gasteiger partial charge in [-0.25, -0.2) is 9.37 Å². The topological polar surface area (TPSA) is 253 Å². The predicted molar refractivity (Wildman–Crippen MR) is 199 cm³/mol. The summed E-state index contributed by atoms with van der Waals surface area (Å²) in [6.07, 6.45) is 2.55. The summed E-state index contributed by atoms with van der Waals surface area (Å²) in [4.78, 5) is 77.9. The lowest BCUT2D eigenvalue weighted by Gasteiger charge is -2.29. The van der Waals surface area contributed by atoms with Crippen LogP contribution in [0.3, 0.4) is 0 Å². The highest BCUT2D eigenvalue weighted by molar-refractivity contribution is 5.98. The molecule has 1 aromatic heterocycles. The molecule has 0 saturated heterocycles. The molecule has 0 aliphatic heterocycles. The zero-order valence-corrected chi connectivity index (χ0v) is 30.5. The molecule has 3 aromatic rings. The van der Waals surface area contributed by atoms with Gasteiger partial charge in [0.05, 0.1) is 6.20 Å². The fourth-order valence-corrected chi connectivity index (χ4v) is 5.49. The molecule has 53 heavy (non-hydrogen) atoms. The number of carbonyl (C=O) groups excluding carboxylic acids is 5. The van der Waals surface area contributed by atoms with E-state index in [1.54, 1.807) is 13.0 Å². The minimum atomic E-state index is -1.14. The molecule has 0 aliphatic carbocycles. The third-order valence-electron chi connectivity index (χ3n) is 8.56. The summed E-state index contributed by atoms with van der Waals surface area (Å²) in [7, 11) is 0. The standard InChI is InChI=1S/C37H51FN10O5/c1-5-22(4)30(36(53)46-27(31(39)49)18-23-11-7-6-8-12-23)48-34(51)28(17-21(2)3)47-33(50)26(15-10-16-42-37(40)41)45-35(52)29-20-43-32(44-29)24-13-9-14-25(38)19-24/h6-9,11-14,19-22,26-28,30H,5,10,15-18H2,1-4H3,(H2,39,49)(H,43,44)(H,45,52)(H,46,53)(H,47,50)(H,48,51)(H4,40,41,42)/t22-,26-,27-,28-,30-/m0/s1. The number of hydrogen-bond donors (Lipinski definition) is 8. The van der Waals surface area contributed by atoms with Gasteiger partial charge in [-0.1, -0.05) is 76.6 Å². The molecule has 1 heterocycles. The normalized spacial score (nSPS) is 13.8. The van der Waals surface area contributed by atoms with Gasteiger partial charge in [0.1, 0.15) is 41.5 Å². The van der Waals surface area contributed by atoms with Crippen LogP contribution in [0.4, 0.5) is 4.39 Å². The van der Waals surface area contributed by atoms with E-state index < -0.39 is 59.5 Å². The smallest absolute Gasteiger partial charge is 0.270 e. The van der Waals surface area contributed by atoms with E-state index >= 15 is 0 Å². The van der Waals surface area contributed by atoms with Gasteiger partial charge in [-0.15, -0.1) is 0 Å². The SMILES string of the molecule is CC[C@H](C)[C@H](NC(=O)[C@H](CC(C)C)NC(=O)[C@H](CCCN=C(N)N)NC(=O)c1cnc(-c2cccc(F)c2)[nH]1)C(=O)N[C@@H](Cc1ccccc1)C(N)=O. The number of guanidine groups is 1. The molecule has 0 bridgehead atoms. The molecule has 0 radical (unpaired) electrons. The van der Waals surface area contributed by atoms with Crippen molar-refractivity contribution in [2.24, 2.45) is 34.0 Å². The molecule has 0 fully saturated rings. The molecule has 286 valence electrons. The maximum absolute atomic E-state index is 13.9. The fourth-order valence-electron chi connectivity index (χ4n) is 5.49. The number of halogens is 1. The molecule has 0 spiro atoms. The summed E-state index contributed by atoms with van der Waals surface area (Å²) in [5.41, 5.74) is 17.8. The number of imidazole rings is 1. The second kappa shape index (κ2) is 20.3. The molecule has 11 N–H and O–H groups in total. The van der Waals surface area contributed by atoms with E-state index in [4.69, 9.17) is 17.2 Å². The molecule has 0 saturated carbocycles. The minimum absolute atomic E-state index is 0.0201. The lowest BCUT2D eigenvalue weighted by molar-refractivity contribution is -0.134. The zero-order valence-electron chi connectivity index (χ0n) is 30.5.